The molecule has 122 valence electrons. The van der Waals surface area contributed by atoms with Crippen molar-refractivity contribution in [3.63, 3.8) is 0 Å². The highest BCUT2D eigenvalue weighted by Crippen LogP contribution is 2.36. The van der Waals surface area contributed by atoms with Crippen LogP contribution in [0.25, 0.3) is 0 Å². The largest absolute Gasteiger partial charge is 0.454 e. The van der Waals surface area contributed by atoms with E-state index in [4.69, 9.17) is 4.74 Å². The van der Waals surface area contributed by atoms with Crippen molar-refractivity contribution in [2.24, 2.45) is 0 Å². The highest BCUT2D eigenvalue weighted by molar-refractivity contribution is 7.80. The fraction of sp³-hybridized carbons (Fsp3) is 0.533. The highest BCUT2D eigenvalue weighted by atomic mass is 32.1. The molecule has 22 heavy (non-hydrogen) atoms. The number of hydrogen-bond donors (Lipinski definition) is 2. The van der Waals surface area contributed by atoms with Crippen LogP contribution < -0.4 is 5.32 Å². The Hall–Kier alpha value is -1.21. The Morgan fingerprint density at radius 3 is 2.32 bits per heavy atom. The summed E-state index contributed by atoms with van der Waals surface area (Å²) in [7, 11) is 0. The van der Waals surface area contributed by atoms with E-state index < -0.39 is 17.3 Å². The monoisotopic (exact) mass is 334 g/mol. The lowest BCUT2D eigenvalue weighted by molar-refractivity contribution is -0.668. The molecule has 0 aliphatic carbocycles. The zero-order chi connectivity index (χ0) is 16.2. The summed E-state index contributed by atoms with van der Waals surface area (Å²) in [5, 5.41) is 2.11. The first-order valence-corrected chi connectivity index (χ1v) is 7.83. The van der Waals surface area contributed by atoms with Gasteiger partial charge in [0.1, 0.15) is 5.60 Å². The second-order valence-electron chi connectivity index (χ2n) is 5.38. The Morgan fingerprint density at radius 2 is 1.82 bits per heavy atom. The molecule has 1 aliphatic heterocycles. The summed E-state index contributed by atoms with van der Waals surface area (Å²) in [6.45, 7) is 1.55. The highest BCUT2D eigenvalue weighted by Gasteiger charge is 2.40. The fourth-order valence-corrected chi connectivity index (χ4v) is 2.90. The molecule has 1 aromatic carbocycles. The number of nitrogens with two attached hydrogens (primary N) is 1. The number of halogens is 3. The van der Waals surface area contributed by atoms with E-state index in [0.29, 0.717) is 24.2 Å². The molecule has 2 N–H and O–H groups in total. The van der Waals surface area contributed by atoms with E-state index in [1.165, 1.54) is 12.1 Å². The predicted molar refractivity (Wildman–Crippen MR) is 78.6 cm³/mol. The number of carbonyl (C=O) groups is 1. The molecule has 1 aromatic rings. The van der Waals surface area contributed by atoms with Crippen molar-refractivity contribution in [2.45, 2.75) is 31.0 Å². The van der Waals surface area contributed by atoms with Gasteiger partial charge in [0, 0.05) is 18.6 Å². The topological polar surface area (TPSA) is 42.9 Å². The van der Waals surface area contributed by atoms with Gasteiger partial charge < -0.3 is 10.1 Å². The summed E-state index contributed by atoms with van der Waals surface area (Å²) < 4.78 is 43.6. The first kappa shape index (κ1) is 17.1. The first-order chi connectivity index (χ1) is 10.4. The summed E-state index contributed by atoms with van der Waals surface area (Å²) in [4.78, 5) is 11.9. The predicted octanol–water partition coefficient (Wildman–Crippen LogP) is 2.12. The van der Waals surface area contributed by atoms with Gasteiger partial charge in [0.05, 0.1) is 25.1 Å². The zero-order valence-electron chi connectivity index (χ0n) is 12.0. The van der Waals surface area contributed by atoms with Gasteiger partial charge in [-0.2, -0.15) is 25.8 Å². The number of hydrogen-bond acceptors (Lipinski definition) is 3. The molecule has 2 rings (SSSR count). The Morgan fingerprint density at radius 1 is 1.23 bits per heavy atom. The summed E-state index contributed by atoms with van der Waals surface area (Å²) in [6, 6.07) is 4.92. The molecule has 7 heteroatoms. The van der Waals surface area contributed by atoms with E-state index in [-0.39, 0.29) is 12.4 Å². The van der Waals surface area contributed by atoms with Gasteiger partial charge in [-0.05, 0) is 17.7 Å². The second-order valence-corrected chi connectivity index (χ2v) is 5.83. The van der Waals surface area contributed by atoms with Crippen LogP contribution in [0.4, 0.5) is 13.2 Å². The smallest absolute Gasteiger partial charge is 0.416 e. The molecule has 1 aliphatic rings. The van der Waals surface area contributed by atoms with Crippen molar-refractivity contribution < 1.29 is 28.0 Å². The van der Waals surface area contributed by atoms with Gasteiger partial charge in [0.2, 0.25) is 0 Å². The van der Waals surface area contributed by atoms with Gasteiger partial charge in [-0.3, -0.25) is 4.79 Å². The molecule has 0 atom stereocenters. The van der Waals surface area contributed by atoms with Gasteiger partial charge in [0.25, 0.3) is 0 Å². The van der Waals surface area contributed by atoms with Crippen LogP contribution in [0.2, 0.25) is 0 Å². The third-order valence-corrected chi connectivity index (χ3v) is 4.09. The van der Waals surface area contributed by atoms with Gasteiger partial charge in [-0.1, -0.05) is 12.1 Å². The molecule has 0 aromatic heterocycles. The van der Waals surface area contributed by atoms with E-state index in [9.17, 15) is 18.0 Å². The molecule has 0 unspecified atom stereocenters. The number of rotatable bonds is 4. The van der Waals surface area contributed by atoms with Crippen molar-refractivity contribution in [1.29, 1.82) is 0 Å². The minimum Gasteiger partial charge on any atom is -0.454 e. The molecule has 0 radical (unpaired) electrons. The standard InChI is InChI=1S/C15H18F3NO2S/c16-15(17,18)12-3-1-11(2-4-12)14(6-8-19-9-7-14)21-13(20)5-10-22/h1-4,19,22H,5-10H2/p+1. The minimum absolute atomic E-state index is 0.190. The lowest BCUT2D eigenvalue weighted by atomic mass is 9.84. The Bertz CT molecular complexity index is 511. The van der Waals surface area contributed by atoms with E-state index in [0.717, 1.165) is 25.2 Å². The molecule has 3 nitrogen and oxygen atoms in total. The van der Waals surface area contributed by atoms with Crippen molar-refractivity contribution in [3.05, 3.63) is 35.4 Å². The van der Waals surface area contributed by atoms with Crippen molar-refractivity contribution in [1.82, 2.24) is 0 Å². The van der Waals surface area contributed by atoms with Crippen molar-refractivity contribution in [3.8, 4) is 0 Å². The molecule has 1 heterocycles. The van der Waals surface area contributed by atoms with Crippen LogP contribution in [0.15, 0.2) is 24.3 Å². The molecule has 0 spiro atoms. The average molecular weight is 334 g/mol. The maximum absolute atomic E-state index is 12.7. The number of quaternary nitrogens is 1. The van der Waals surface area contributed by atoms with Crippen LogP contribution in [-0.4, -0.2) is 24.8 Å². The normalized spacial score (nSPS) is 18.0. The Labute approximate surface area is 132 Å². The molecule has 0 amide bonds. The third kappa shape index (κ3) is 3.95. The lowest BCUT2D eigenvalue weighted by Crippen LogP contribution is -2.87. The van der Waals surface area contributed by atoms with Gasteiger partial charge in [-0.15, -0.1) is 0 Å². The number of esters is 1. The summed E-state index contributed by atoms with van der Waals surface area (Å²) in [5.74, 6) is 0.0189. The number of thiol groups is 1. The number of piperidine rings is 1. The van der Waals surface area contributed by atoms with Crippen LogP contribution in [0.3, 0.4) is 0 Å². The average Bonchev–Trinajstić information content (AvgIpc) is 2.47. The number of alkyl halides is 3. The van der Waals surface area contributed by atoms with Gasteiger partial charge in [0.15, 0.2) is 0 Å². The zero-order valence-corrected chi connectivity index (χ0v) is 12.9. The van der Waals surface area contributed by atoms with E-state index in [1.54, 1.807) is 0 Å². The second kappa shape index (κ2) is 6.91. The summed E-state index contributed by atoms with van der Waals surface area (Å²) >= 11 is 4.01. The maximum atomic E-state index is 12.7. The fourth-order valence-electron chi connectivity index (χ4n) is 2.71. The number of ether oxygens (including phenoxy) is 1. The number of carbonyl (C=O) groups excluding carboxylic acids is 1. The Balaban J connectivity index is 2.27. The van der Waals surface area contributed by atoms with Crippen LogP contribution in [0, 0.1) is 0 Å². The van der Waals surface area contributed by atoms with E-state index in [1.807, 2.05) is 0 Å². The summed E-state index contributed by atoms with van der Waals surface area (Å²) in [5.41, 5.74) is -0.893. The van der Waals surface area contributed by atoms with Crippen LogP contribution >= 0.6 is 12.6 Å². The SMILES string of the molecule is O=C(CCS)OC1(c2ccc(C(F)(F)F)cc2)CC[NH2+]CC1. The first-order valence-electron chi connectivity index (χ1n) is 7.19. The minimum atomic E-state index is -4.37. The molecule has 0 bridgehead atoms. The van der Waals surface area contributed by atoms with Gasteiger partial charge in [-0.25, -0.2) is 0 Å². The van der Waals surface area contributed by atoms with Crippen LogP contribution in [0.1, 0.15) is 30.4 Å². The van der Waals surface area contributed by atoms with Crippen LogP contribution in [-0.2, 0) is 21.3 Å². The molecular weight excluding hydrogens is 315 g/mol. The van der Waals surface area contributed by atoms with E-state index >= 15 is 0 Å². The third-order valence-electron chi connectivity index (χ3n) is 3.87. The molecule has 1 saturated heterocycles. The van der Waals surface area contributed by atoms with Crippen LogP contribution in [0.5, 0.6) is 0 Å². The molecule has 0 saturated carbocycles. The molecular formula is C15H19F3NO2S+. The quantitative estimate of drug-likeness (QED) is 0.654. The lowest BCUT2D eigenvalue weighted by Gasteiger charge is -2.36. The maximum Gasteiger partial charge on any atom is 0.416 e. The Kier molecular flexibility index (Phi) is 5.39. The van der Waals surface area contributed by atoms with E-state index in [2.05, 4.69) is 17.9 Å². The summed E-state index contributed by atoms with van der Waals surface area (Å²) in [6.07, 6.45) is -2.99. The molecule has 1 fully saturated rings. The van der Waals surface area contributed by atoms with Gasteiger partial charge >= 0.3 is 12.1 Å². The number of benzene rings is 1. The van der Waals surface area contributed by atoms with Crippen molar-refractivity contribution in [2.75, 3.05) is 18.8 Å². The van der Waals surface area contributed by atoms with Crippen molar-refractivity contribution >= 4 is 18.6 Å².